The first-order valence-corrected chi connectivity index (χ1v) is 5.70. The minimum Gasteiger partial charge on any atom is -0.358 e. The summed E-state index contributed by atoms with van der Waals surface area (Å²) < 4.78 is 0. The van der Waals surface area contributed by atoms with Crippen molar-refractivity contribution in [3.63, 3.8) is 0 Å². The molecule has 0 saturated heterocycles. The van der Waals surface area contributed by atoms with E-state index in [4.69, 9.17) is 0 Å². The quantitative estimate of drug-likeness (QED) is 0.789. The molecule has 0 aliphatic heterocycles. The molecule has 0 heterocycles. The van der Waals surface area contributed by atoms with E-state index in [1.807, 2.05) is 6.92 Å². The van der Waals surface area contributed by atoms with Gasteiger partial charge in [0.25, 0.3) is 0 Å². The zero-order chi connectivity index (χ0) is 12.0. The third-order valence-electron chi connectivity index (χ3n) is 2.68. The van der Waals surface area contributed by atoms with Crippen LogP contribution >= 0.6 is 0 Å². The number of rotatable bonds is 5. The summed E-state index contributed by atoms with van der Waals surface area (Å²) in [4.78, 5) is 11.3. The molecular weight excluding hydrogens is 200 g/mol. The number of benzene rings is 1. The summed E-state index contributed by atoms with van der Waals surface area (Å²) in [5.41, 5.74) is 2.54. The van der Waals surface area contributed by atoms with Crippen LogP contribution in [0, 0.1) is 0 Å². The van der Waals surface area contributed by atoms with Gasteiger partial charge >= 0.3 is 0 Å². The van der Waals surface area contributed by atoms with Gasteiger partial charge in [0.1, 0.15) is 0 Å². The molecule has 1 rings (SSSR count). The molecule has 1 aromatic rings. The number of hydrogen-bond acceptors (Lipinski definition) is 2. The van der Waals surface area contributed by atoms with Crippen LogP contribution < -0.4 is 10.6 Å². The molecule has 2 N–H and O–H groups in total. The van der Waals surface area contributed by atoms with Crippen LogP contribution in [0.15, 0.2) is 24.3 Å². The molecule has 0 radical (unpaired) electrons. The van der Waals surface area contributed by atoms with Gasteiger partial charge in [-0.15, -0.1) is 0 Å². The fraction of sp³-hybridized carbons (Fsp3) is 0.462. The van der Waals surface area contributed by atoms with Crippen LogP contribution in [0.2, 0.25) is 0 Å². The lowest BCUT2D eigenvalue weighted by molar-refractivity contribution is -0.122. The van der Waals surface area contributed by atoms with Crippen molar-refractivity contribution in [3.05, 3.63) is 35.4 Å². The average Bonchev–Trinajstić information content (AvgIpc) is 2.35. The zero-order valence-corrected chi connectivity index (χ0v) is 10.2. The Morgan fingerprint density at radius 2 is 1.81 bits per heavy atom. The molecule has 0 spiro atoms. The Bertz CT molecular complexity index is 332. The second kappa shape index (κ2) is 6.28. The first kappa shape index (κ1) is 12.7. The molecule has 1 aromatic carbocycles. The lowest BCUT2D eigenvalue weighted by atomic mass is 10.1. The molecule has 0 bridgehead atoms. The van der Waals surface area contributed by atoms with Crippen LogP contribution in [0.25, 0.3) is 0 Å². The van der Waals surface area contributed by atoms with Gasteiger partial charge in [-0.05, 0) is 24.5 Å². The topological polar surface area (TPSA) is 41.1 Å². The summed E-state index contributed by atoms with van der Waals surface area (Å²) in [5.74, 6) is 0.0187. The molecule has 0 saturated carbocycles. The lowest BCUT2D eigenvalue weighted by Gasteiger charge is -2.12. The molecule has 3 nitrogen and oxygen atoms in total. The van der Waals surface area contributed by atoms with Gasteiger partial charge in [0, 0.05) is 13.6 Å². The number of carbonyl (C=O) groups excluding carboxylic acids is 1. The molecule has 16 heavy (non-hydrogen) atoms. The highest BCUT2D eigenvalue weighted by molar-refractivity contribution is 5.80. The zero-order valence-electron chi connectivity index (χ0n) is 10.2. The predicted molar refractivity (Wildman–Crippen MR) is 66.2 cm³/mol. The second-order valence-electron chi connectivity index (χ2n) is 3.89. The van der Waals surface area contributed by atoms with E-state index in [-0.39, 0.29) is 11.9 Å². The molecule has 0 fully saturated rings. The van der Waals surface area contributed by atoms with Gasteiger partial charge in [-0.2, -0.15) is 0 Å². The Labute approximate surface area is 97.2 Å². The fourth-order valence-electron chi connectivity index (χ4n) is 1.47. The Balaban J connectivity index is 2.45. The van der Waals surface area contributed by atoms with Crippen LogP contribution in [0.1, 0.15) is 25.0 Å². The van der Waals surface area contributed by atoms with Gasteiger partial charge in [0.05, 0.1) is 6.04 Å². The SMILES string of the molecule is CCc1ccc(CN[C@H](C)C(=O)NC)cc1. The molecule has 3 heteroatoms. The van der Waals surface area contributed by atoms with Crippen molar-refractivity contribution in [1.82, 2.24) is 10.6 Å². The van der Waals surface area contributed by atoms with Gasteiger partial charge in [-0.25, -0.2) is 0 Å². The summed E-state index contributed by atoms with van der Waals surface area (Å²) >= 11 is 0. The largest absolute Gasteiger partial charge is 0.358 e. The van der Waals surface area contributed by atoms with Crippen LogP contribution in [0.3, 0.4) is 0 Å². The van der Waals surface area contributed by atoms with E-state index >= 15 is 0 Å². The Kier molecular flexibility index (Phi) is 4.99. The van der Waals surface area contributed by atoms with Crippen molar-refractivity contribution in [3.8, 4) is 0 Å². The van der Waals surface area contributed by atoms with Crippen molar-refractivity contribution in [2.45, 2.75) is 32.9 Å². The number of nitrogens with one attached hydrogen (secondary N) is 2. The molecule has 88 valence electrons. The minimum absolute atomic E-state index is 0.0187. The summed E-state index contributed by atoms with van der Waals surface area (Å²) in [6.45, 7) is 4.72. The highest BCUT2D eigenvalue weighted by atomic mass is 16.2. The van der Waals surface area contributed by atoms with Crippen LogP contribution in [-0.2, 0) is 17.8 Å². The summed E-state index contributed by atoms with van der Waals surface area (Å²) in [6, 6.07) is 8.30. The third kappa shape index (κ3) is 3.66. The standard InChI is InChI=1S/C13H20N2O/c1-4-11-5-7-12(8-6-11)9-15-10(2)13(16)14-3/h5-8,10,15H,4,9H2,1-3H3,(H,14,16)/t10-/m1/s1. The predicted octanol–water partition coefficient (Wildman–Crippen LogP) is 1.47. The number of carbonyl (C=O) groups is 1. The number of likely N-dealkylation sites (N-methyl/N-ethyl adjacent to an activating group) is 1. The maximum absolute atomic E-state index is 11.3. The minimum atomic E-state index is -0.157. The van der Waals surface area contributed by atoms with Crippen LogP contribution in [0.5, 0.6) is 0 Å². The number of hydrogen-bond donors (Lipinski definition) is 2. The molecule has 0 aliphatic rings. The Morgan fingerprint density at radius 3 is 2.31 bits per heavy atom. The molecule has 1 amide bonds. The normalized spacial score (nSPS) is 12.2. The van der Waals surface area contributed by atoms with Crippen molar-refractivity contribution in [2.75, 3.05) is 7.05 Å². The summed E-state index contributed by atoms with van der Waals surface area (Å²) in [7, 11) is 1.65. The molecule has 0 unspecified atom stereocenters. The van der Waals surface area contributed by atoms with E-state index in [2.05, 4.69) is 41.8 Å². The fourth-order valence-corrected chi connectivity index (χ4v) is 1.47. The van der Waals surface area contributed by atoms with E-state index in [1.54, 1.807) is 7.05 Å². The van der Waals surface area contributed by atoms with Crippen molar-refractivity contribution < 1.29 is 4.79 Å². The number of amides is 1. The maximum Gasteiger partial charge on any atom is 0.236 e. The van der Waals surface area contributed by atoms with Crippen LogP contribution in [0.4, 0.5) is 0 Å². The third-order valence-corrected chi connectivity index (χ3v) is 2.68. The Morgan fingerprint density at radius 1 is 1.25 bits per heavy atom. The molecular formula is C13H20N2O. The van der Waals surface area contributed by atoms with E-state index in [1.165, 1.54) is 11.1 Å². The smallest absolute Gasteiger partial charge is 0.236 e. The van der Waals surface area contributed by atoms with Gasteiger partial charge in [-0.1, -0.05) is 31.2 Å². The highest BCUT2D eigenvalue weighted by Gasteiger charge is 2.08. The maximum atomic E-state index is 11.3. The van der Waals surface area contributed by atoms with Gasteiger partial charge in [0.15, 0.2) is 0 Å². The molecule has 1 atom stereocenters. The van der Waals surface area contributed by atoms with Crippen molar-refractivity contribution >= 4 is 5.91 Å². The van der Waals surface area contributed by atoms with Crippen LogP contribution in [-0.4, -0.2) is 19.0 Å². The average molecular weight is 220 g/mol. The summed E-state index contributed by atoms with van der Waals surface area (Å²) in [5, 5.41) is 5.79. The van der Waals surface area contributed by atoms with Gasteiger partial charge in [0.2, 0.25) is 5.91 Å². The van der Waals surface area contributed by atoms with Gasteiger partial charge < -0.3 is 10.6 Å². The lowest BCUT2D eigenvalue weighted by Crippen LogP contribution is -2.40. The van der Waals surface area contributed by atoms with E-state index < -0.39 is 0 Å². The van der Waals surface area contributed by atoms with E-state index in [0.717, 1.165) is 13.0 Å². The van der Waals surface area contributed by atoms with E-state index in [0.29, 0.717) is 0 Å². The Hall–Kier alpha value is -1.35. The number of aryl methyl sites for hydroxylation is 1. The van der Waals surface area contributed by atoms with Crippen molar-refractivity contribution in [2.24, 2.45) is 0 Å². The molecule has 0 aromatic heterocycles. The molecule has 0 aliphatic carbocycles. The van der Waals surface area contributed by atoms with Crippen molar-refractivity contribution in [1.29, 1.82) is 0 Å². The first-order valence-electron chi connectivity index (χ1n) is 5.70. The highest BCUT2D eigenvalue weighted by Crippen LogP contribution is 2.04. The second-order valence-corrected chi connectivity index (χ2v) is 3.89. The van der Waals surface area contributed by atoms with E-state index in [9.17, 15) is 4.79 Å². The first-order chi connectivity index (χ1) is 7.67. The van der Waals surface area contributed by atoms with Gasteiger partial charge in [-0.3, -0.25) is 4.79 Å². The summed E-state index contributed by atoms with van der Waals surface area (Å²) in [6.07, 6.45) is 1.06. The monoisotopic (exact) mass is 220 g/mol.